The molecule has 0 saturated carbocycles. The van der Waals surface area contributed by atoms with Gasteiger partial charge >= 0.3 is 0 Å². The Bertz CT molecular complexity index is 408. The number of carbonyl (C=O) groups excluding carboxylic acids is 1. The van der Waals surface area contributed by atoms with Crippen LogP contribution in [0.1, 0.15) is 6.42 Å². The molecule has 0 aliphatic rings. The van der Waals surface area contributed by atoms with Crippen LogP contribution in [0.15, 0.2) is 11.2 Å². The lowest BCUT2D eigenvalue weighted by Gasteiger charge is -2.07. The van der Waals surface area contributed by atoms with Crippen LogP contribution in [0.2, 0.25) is 0 Å². The zero-order valence-electron chi connectivity index (χ0n) is 9.25. The van der Waals surface area contributed by atoms with Crippen LogP contribution in [0.3, 0.4) is 0 Å². The fourth-order valence-corrected chi connectivity index (χ4v) is 1.70. The van der Waals surface area contributed by atoms with Crippen molar-refractivity contribution in [3.63, 3.8) is 0 Å². The maximum absolute atomic E-state index is 11.3. The lowest BCUT2D eigenvalue weighted by Crippen LogP contribution is -2.13. The number of anilines is 1. The van der Waals surface area contributed by atoms with Crippen molar-refractivity contribution in [2.45, 2.75) is 11.4 Å². The van der Waals surface area contributed by atoms with Gasteiger partial charge in [-0.1, -0.05) is 21.0 Å². The molecule has 1 amide bonds. The van der Waals surface area contributed by atoms with Gasteiger partial charge in [0.1, 0.15) is 0 Å². The maximum Gasteiger partial charge on any atom is 0.251 e. The quantitative estimate of drug-likeness (QED) is 0.334. The molecule has 2 N–H and O–H groups in total. The maximum atomic E-state index is 11.3. The third-order valence-corrected chi connectivity index (χ3v) is 2.60. The van der Waals surface area contributed by atoms with Crippen molar-refractivity contribution in [1.29, 1.82) is 0 Å². The van der Waals surface area contributed by atoms with Crippen LogP contribution >= 0.6 is 28.0 Å². The van der Waals surface area contributed by atoms with Gasteiger partial charge in [-0.15, -0.1) is 4.33 Å². The second kappa shape index (κ2) is 8.21. The molecule has 1 aromatic heterocycles. The van der Waals surface area contributed by atoms with Crippen LogP contribution < -0.4 is 10.1 Å². The number of nitrogens with zero attached hydrogens (tertiary/aromatic N) is 2. The number of nitrogens with one attached hydrogen (secondary N) is 1. The molecule has 0 spiro atoms. The lowest BCUT2D eigenvalue weighted by molar-refractivity contribution is -0.432. The van der Waals surface area contributed by atoms with E-state index in [1.54, 1.807) is 0 Å². The Balaban J connectivity index is 2.74. The Labute approximate surface area is 115 Å². The van der Waals surface area contributed by atoms with Gasteiger partial charge in [0.05, 0.1) is 25.3 Å². The molecule has 0 aromatic carbocycles. The predicted molar refractivity (Wildman–Crippen MR) is 66.3 cm³/mol. The summed E-state index contributed by atoms with van der Waals surface area (Å²) >= 11 is 3.77. The number of hydrogen-bond acceptors (Lipinski definition) is 8. The molecule has 1 heterocycles. The summed E-state index contributed by atoms with van der Waals surface area (Å²) in [7, 11) is 1.39. The zero-order chi connectivity index (χ0) is 13.4. The average Bonchev–Trinajstić information content (AvgIpc) is 2.37. The van der Waals surface area contributed by atoms with Gasteiger partial charge in [-0.25, -0.2) is 10.2 Å². The molecule has 0 saturated heterocycles. The molecule has 1 rings (SSSR count). The molecule has 8 nitrogen and oxygen atoms in total. The minimum atomic E-state index is -0.196. The first kappa shape index (κ1) is 15.1. The average molecular weight is 340 g/mol. The van der Waals surface area contributed by atoms with Crippen LogP contribution in [0.25, 0.3) is 0 Å². The van der Waals surface area contributed by atoms with Gasteiger partial charge in [-0.2, -0.15) is 4.98 Å². The predicted octanol–water partition coefficient (Wildman–Crippen LogP) is 1.64. The molecule has 0 aliphatic heterocycles. The molecule has 100 valence electrons. The van der Waals surface area contributed by atoms with E-state index in [1.165, 1.54) is 13.3 Å². The van der Waals surface area contributed by atoms with Gasteiger partial charge in [0, 0.05) is 11.8 Å². The molecule has 0 aliphatic carbocycles. The van der Waals surface area contributed by atoms with E-state index in [9.17, 15) is 4.79 Å². The summed E-state index contributed by atoms with van der Waals surface area (Å²) in [6.07, 6.45) is 1.65. The summed E-state index contributed by atoms with van der Waals surface area (Å²) in [5.74, 6) is 0.194. The molecule has 0 fully saturated rings. The third kappa shape index (κ3) is 4.74. The highest BCUT2D eigenvalue weighted by atomic mass is 79.9. The molecule has 0 unspecified atom stereocenters. The van der Waals surface area contributed by atoms with E-state index in [1.807, 2.05) is 0 Å². The van der Waals surface area contributed by atoms with E-state index in [0.717, 1.165) is 0 Å². The summed E-state index contributed by atoms with van der Waals surface area (Å²) in [5, 5.41) is 14.8. The normalized spacial score (nSPS) is 10.2. The Hall–Kier alpha value is -0.940. The number of hydrogen-bond donors (Lipinski definition) is 2. The number of halogens is 1. The summed E-state index contributed by atoms with van der Waals surface area (Å²) in [4.78, 5) is 19.3. The Morgan fingerprint density at radius 3 is 3.06 bits per heavy atom. The van der Waals surface area contributed by atoms with Crippen LogP contribution in [0.5, 0.6) is 5.88 Å². The summed E-state index contributed by atoms with van der Waals surface area (Å²) in [5.41, 5.74) is 0. The second-order valence-corrected chi connectivity index (χ2v) is 4.27. The minimum Gasteiger partial charge on any atom is -0.479 e. The number of aromatic nitrogens is 2. The summed E-state index contributed by atoms with van der Waals surface area (Å²) in [6.45, 7) is 0. The molecule has 0 radical (unpaired) electrons. The molecular formula is C8H10BrN3O5S. The van der Waals surface area contributed by atoms with Gasteiger partial charge in [0.15, 0.2) is 10.8 Å². The van der Waals surface area contributed by atoms with Crippen LogP contribution in [-0.4, -0.2) is 33.6 Å². The number of ether oxygens (including phenoxy) is 1. The van der Waals surface area contributed by atoms with E-state index >= 15 is 0 Å². The number of methoxy groups -OCH3 is 1. The van der Waals surface area contributed by atoms with Gasteiger partial charge in [-0.3, -0.25) is 4.79 Å². The van der Waals surface area contributed by atoms with Crippen LogP contribution in [-0.2, 0) is 14.2 Å². The fraction of sp³-hybridized carbons (Fsp3) is 0.375. The van der Waals surface area contributed by atoms with Gasteiger partial charge < -0.3 is 10.1 Å². The Morgan fingerprint density at radius 1 is 1.67 bits per heavy atom. The van der Waals surface area contributed by atoms with E-state index in [4.69, 9.17) is 9.99 Å². The topological polar surface area (TPSA) is 103 Å². The number of alkyl halides is 1. The minimum absolute atomic E-state index is 0.133. The van der Waals surface area contributed by atoms with E-state index in [0.29, 0.717) is 23.8 Å². The Morgan fingerprint density at radius 2 is 2.44 bits per heavy atom. The van der Waals surface area contributed by atoms with Crippen LogP contribution in [0, 0.1) is 0 Å². The molecule has 18 heavy (non-hydrogen) atoms. The number of amides is 1. The SMILES string of the molecule is COc1nc(NC(=O)CCBr)cnc1SOOO. The van der Waals surface area contributed by atoms with Crippen molar-refractivity contribution in [3.8, 4) is 5.88 Å². The molecule has 0 bridgehead atoms. The molecule has 0 atom stereocenters. The van der Waals surface area contributed by atoms with Crippen molar-refractivity contribution >= 4 is 39.7 Å². The van der Waals surface area contributed by atoms with Gasteiger partial charge in [0.2, 0.25) is 5.91 Å². The van der Waals surface area contributed by atoms with E-state index in [2.05, 4.69) is 40.6 Å². The first-order chi connectivity index (χ1) is 8.71. The first-order valence-electron chi connectivity index (χ1n) is 4.63. The first-order valence-corrected chi connectivity index (χ1v) is 6.49. The number of carbonyl (C=O) groups is 1. The smallest absolute Gasteiger partial charge is 0.251 e. The molecular weight excluding hydrogens is 330 g/mol. The van der Waals surface area contributed by atoms with E-state index in [-0.39, 0.29) is 22.6 Å². The van der Waals surface area contributed by atoms with Crippen molar-refractivity contribution < 1.29 is 24.2 Å². The second-order valence-electron chi connectivity index (χ2n) is 2.78. The monoisotopic (exact) mass is 339 g/mol. The Kier molecular flexibility index (Phi) is 6.90. The van der Waals surface area contributed by atoms with Crippen LogP contribution in [0.4, 0.5) is 5.82 Å². The molecule has 10 heteroatoms. The van der Waals surface area contributed by atoms with Crippen molar-refractivity contribution in [2.24, 2.45) is 0 Å². The van der Waals surface area contributed by atoms with Crippen molar-refractivity contribution in [3.05, 3.63) is 6.20 Å². The largest absolute Gasteiger partial charge is 0.479 e. The highest BCUT2D eigenvalue weighted by molar-refractivity contribution is 9.09. The van der Waals surface area contributed by atoms with Crippen molar-refractivity contribution in [2.75, 3.05) is 17.8 Å². The lowest BCUT2D eigenvalue weighted by atomic mass is 10.4. The van der Waals surface area contributed by atoms with Gasteiger partial charge in [0.25, 0.3) is 5.88 Å². The van der Waals surface area contributed by atoms with E-state index < -0.39 is 0 Å². The third-order valence-electron chi connectivity index (χ3n) is 1.63. The summed E-state index contributed by atoms with van der Waals surface area (Å²) < 4.78 is 9.17. The van der Waals surface area contributed by atoms with Gasteiger partial charge in [-0.05, 0) is 0 Å². The summed E-state index contributed by atoms with van der Waals surface area (Å²) in [6, 6.07) is 0. The highest BCUT2D eigenvalue weighted by Gasteiger charge is 2.11. The van der Waals surface area contributed by atoms with Crippen molar-refractivity contribution in [1.82, 2.24) is 9.97 Å². The number of rotatable bonds is 7. The zero-order valence-corrected chi connectivity index (χ0v) is 11.7. The molecule has 1 aromatic rings. The fourth-order valence-electron chi connectivity index (χ4n) is 0.950. The standard InChI is InChI=1S/C8H10BrN3O5S/c1-15-7-8(18-17-16-14)10-4-5(12-7)11-6(13)2-3-9/h4,14H,2-3H2,1H3,(H,11,12,13). The highest BCUT2D eigenvalue weighted by Crippen LogP contribution is 2.26.